The summed E-state index contributed by atoms with van der Waals surface area (Å²) in [6.07, 6.45) is 0.835. The molecule has 0 aliphatic heterocycles. The smallest absolute Gasteiger partial charge is 0.243 e. The summed E-state index contributed by atoms with van der Waals surface area (Å²) < 4.78 is 32.5. The van der Waals surface area contributed by atoms with Crippen molar-refractivity contribution < 1.29 is 22.7 Å². The number of carbonyl (C=O) groups excluding carboxylic acids is 2. The van der Waals surface area contributed by atoms with Crippen LogP contribution in [0.5, 0.6) is 5.75 Å². The number of nitrogens with zero attached hydrogens (tertiary/aromatic N) is 1. The highest BCUT2D eigenvalue weighted by Crippen LogP contribution is 2.20. The first-order chi connectivity index (χ1) is 21.7. The Morgan fingerprint density at radius 2 is 1.44 bits per heavy atom. The fourth-order valence-electron chi connectivity index (χ4n) is 4.89. The van der Waals surface area contributed by atoms with E-state index < -0.39 is 16.1 Å². The molecule has 0 aliphatic rings. The van der Waals surface area contributed by atoms with Crippen LogP contribution in [0.2, 0.25) is 5.02 Å². The van der Waals surface area contributed by atoms with E-state index in [0.717, 1.165) is 22.3 Å². The van der Waals surface area contributed by atoms with Gasteiger partial charge in [-0.25, -0.2) is 13.1 Å². The number of nitrogens with one attached hydrogen (secondary N) is 2. The van der Waals surface area contributed by atoms with Gasteiger partial charge in [0.25, 0.3) is 0 Å². The van der Waals surface area contributed by atoms with E-state index >= 15 is 0 Å². The van der Waals surface area contributed by atoms with Gasteiger partial charge in [-0.15, -0.1) is 0 Å². The molecule has 45 heavy (non-hydrogen) atoms. The third-order valence-corrected chi connectivity index (χ3v) is 9.17. The summed E-state index contributed by atoms with van der Waals surface area (Å²) in [5, 5.41) is 3.63. The predicted octanol–water partition coefficient (Wildman–Crippen LogP) is 5.54. The normalized spacial score (nSPS) is 11.9. The minimum atomic E-state index is -3.57. The van der Waals surface area contributed by atoms with Crippen LogP contribution < -0.4 is 14.8 Å². The molecular formula is C35H38ClN3O5S. The molecule has 0 spiro atoms. The first-order valence-electron chi connectivity index (χ1n) is 14.8. The van der Waals surface area contributed by atoms with Crippen molar-refractivity contribution in [2.75, 3.05) is 13.7 Å². The third kappa shape index (κ3) is 9.91. The molecule has 236 valence electrons. The SMILES string of the molecule is CCNS(=O)(=O)c1ccc(CCC(=O)N(Cc2ccc(OC)cc2)C(Cc2ccccc2)C(=O)NCc2ccc(Cl)cc2)cc1. The Kier molecular flexibility index (Phi) is 12.2. The van der Waals surface area contributed by atoms with Crippen LogP contribution in [-0.4, -0.2) is 44.8 Å². The first kappa shape index (κ1) is 33.7. The molecule has 0 bridgehead atoms. The monoisotopic (exact) mass is 647 g/mol. The molecule has 0 heterocycles. The molecule has 0 fully saturated rings. The standard InChI is InChI=1S/C35H38ClN3O5S/c1-3-38-45(42,43)32-20-13-26(14-21-32)15-22-34(40)39(25-29-11-18-31(44-2)19-12-29)33(23-27-7-5-4-6-8-27)35(41)37-24-28-9-16-30(36)17-10-28/h4-14,16-21,33,38H,3,15,22-25H2,1-2H3,(H,37,41). The lowest BCUT2D eigenvalue weighted by molar-refractivity contribution is -0.141. The summed E-state index contributed by atoms with van der Waals surface area (Å²) in [7, 11) is -1.98. The van der Waals surface area contributed by atoms with E-state index in [4.69, 9.17) is 16.3 Å². The number of methoxy groups -OCH3 is 1. The molecule has 2 N–H and O–H groups in total. The Bertz CT molecular complexity index is 1650. The van der Waals surface area contributed by atoms with Crippen molar-refractivity contribution in [2.45, 2.75) is 50.2 Å². The number of halogens is 1. The number of aryl methyl sites for hydroxylation is 1. The van der Waals surface area contributed by atoms with Gasteiger partial charge in [-0.05, 0) is 65.1 Å². The Morgan fingerprint density at radius 1 is 0.822 bits per heavy atom. The second-order valence-corrected chi connectivity index (χ2v) is 12.8. The van der Waals surface area contributed by atoms with Crippen molar-refractivity contribution in [3.8, 4) is 5.75 Å². The average Bonchev–Trinajstić information content (AvgIpc) is 3.05. The quantitative estimate of drug-likeness (QED) is 0.176. The van der Waals surface area contributed by atoms with Crippen molar-refractivity contribution in [3.05, 3.63) is 130 Å². The number of carbonyl (C=O) groups is 2. The zero-order valence-corrected chi connectivity index (χ0v) is 27.0. The molecule has 0 saturated carbocycles. The van der Waals surface area contributed by atoms with E-state index in [1.54, 1.807) is 43.2 Å². The molecule has 0 saturated heterocycles. The molecule has 1 unspecified atom stereocenters. The number of sulfonamides is 1. The summed E-state index contributed by atoms with van der Waals surface area (Å²) in [5.74, 6) is 0.226. The van der Waals surface area contributed by atoms with Crippen LogP contribution in [0.4, 0.5) is 0 Å². The zero-order valence-electron chi connectivity index (χ0n) is 25.4. The molecule has 1 atom stereocenters. The molecule has 0 aliphatic carbocycles. The molecule has 2 amide bonds. The molecule has 4 aromatic carbocycles. The Labute approximate surface area is 270 Å². The van der Waals surface area contributed by atoms with Gasteiger partial charge in [0.05, 0.1) is 12.0 Å². The van der Waals surface area contributed by atoms with Crippen LogP contribution in [0.1, 0.15) is 35.6 Å². The number of benzene rings is 4. The molecule has 8 nitrogen and oxygen atoms in total. The largest absolute Gasteiger partial charge is 0.497 e. The predicted molar refractivity (Wildman–Crippen MR) is 176 cm³/mol. The van der Waals surface area contributed by atoms with Gasteiger partial charge in [0, 0.05) is 37.5 Å². The van der Waals surface area contributed by atoms with Crippen LogP contribution in [-0.2, 0) is 45.5 Å². The lowest BCUT2D eigenvalue weighted by Gasteiger charge is -2.32. The van der Waals surface area contributed by atoms with Crippen LogP contribution in [0.15, 0.2) is 108 Å². The topological polar surface area (TPSA) is 105 Å². The van der Waals surface area contributed by atoms with Gasteiger partial charge in [-0.3, -0.25) is 9.59 Å². The number of hydrogen-bond acceptors (Lipinski definition) is 5. The van der Waals surface area contributed by atoms with E-state index in [-0.39, 0.29) is 36.2 Å². The van der Waals surface area contributed by atoms with Crippen LogP contribution in [0.25, 0.3) is 0 Å². The van der Waals surface area contributed by atoms with Gasteiger partial charge in [-0.1, -0.05) is 85.3 Å². The molecular weight excluding hydrogens is 610 g/mol. The van der Waals surface area contributed by atoms with Crippen molar-refractivity contribution in [3.63, 3.8) is 0 Å². The van der Waals surface area contributed by atoms with E-state index in [1.165, 1.54) is 12.1 Å². The Balaban J connectivity index is 1.59. The first-order valence-corrected chi connectivity index (χ1v) is 16.6. The van der Waals surface area contributed by atoms with Crippen LogP contribution in [0, 0.1) is 0 Å². The molecule has 4 rings (SSSR count). The van der Waals surface area contributed by atoms with E-state index in [2.05, 4.69) is 10.0 Å². The van der Waals surface area contributed by atoms with Gasteiger partial charge < -0.3 is 15.0 Å². The minimum Gasteiger partial charge on any atom is -0.497 e. The molecule has 10 heteroatoms. The van der Waals surface area contributed by atoms with Gasteiger partial charge in [0.15, 0.2) is 0 Å². The van der Waals surface area contributed by atoms with E-state index in [0.29, 0.717) is 30.2 Å². The third-order valence-electron chi connectivity index (χ3n) is 7.36. The lowest BCUT2D eigenvalue weighted by atomic mass is 10.0. The van der Waals surface area contributed by atoms with E-state index in [9.17, 15) is 18.0 Å². The Morgan fingerprint density at radius 3 is 2.07 bits per heavy atom. The van der Waals surface area contributed by atoms with Crippen molar-refractivity contribution >= 4 is 33.4 Å². The Hall–Kier alpha value is -4.18. The lowest BCUT2D eigenvalue weighted by Crippen LogP contribution is -2.50. The van der Waals surface area contributed by atoms with Gasteiger partial charge in [0.2, 0.25) is 21.8 Å². The maximum absolute atomic E-state index is 14.0. The second kappa shape index (κ2) is 16.2. The summed E-state index contributed by atoms with van der Waals surface area (Å²) >= 11 is 6.03. The van der Waals surface area contributed by atoms with Gasteiger partial charge in [0.1, 0.15) is 11.8 Å². The summed E-state index contributed by atoms with van der Waals surface area (Å²) in [5.41, 5.74) is 3.48. The van der Waals surface area contributed by atoms with Crippen LogP contribution >= 0.6 is 11.6 Å². The highest BCUT2D eigenvalue weighted by atomic mass is 35.5. The summed E-state index contributed by atoms with van der Waals surface area (Å²) in [4.78, 5) is 29.7. The highest BCUT2D eigenvalue weighted by Gasteiger charge is 2.30. The van der Waals surface area contributed by atoms with Gasteiger partial charge in [-0.2, -0.15) is 0 Å². The number of hydrogen-bond donors (Lipinski definition) is 2. The number of ether oxygens (including phenoxy) is 1. The maximum atomic E-state index is 14.0. The van der Waals surface area contributed by atoms with E-state index in [1.807, 2.05) is 66.7 Å². The maximum Gasteiger partial charge on any atom is 0.243 e. The molecule has 4 aromatic rings. The molecule has 0 radical (unpaired) electrons. The minimum absolute atomic E-state index is 0.130. The fourth-order valence-corrected chi connectivity index (χ4v) is 6.06. The second-order valence-electron chi connectivity index (χ2n) is 10.6. The summed E-state index contributed by atoms with van der Waals surface area (Å²) in [6, 6.07) is 30.0. The fraction of sp³-hybridized carbons (Fsp3) is 0.257. The zero-order chi connectivity index (χ0) is 32.2. The van der Waals surface area contributed by atoms with Crippen LogP contribution in [0.3, 0.4) is 0 Å². The average molecular weight is 648 g/mol. The van der Waals surface area contributed by atoms with Crippen molar-refractivity contribution in [2.24, 2.45) is 0 Å². The van der Waals surface area contributed by atoms with Crippen molar-refractivity contribution in [1.29, 1.82) is 0 Å². The van der Waals surface area contributed by atoms with Crippen molar-refractivity contribution in [1.82, 2.24) is 14.9 Å². The highest BCUT2D eigenvalue weighted by molar-refractivity contribution is 7.89. The number of rotatable bonds is 15. The summed E-state index contributed by atoms with van der Waals surface area (Å²) in [6.45, 7) is 2.51. The van der Waals surface area contributed by atoms with Gasteiger partial charge >= 0.3 is 0 Å². The number of amides is 2. The molecule has 0 aromatic heterocycles.